The number of aliphatic hydroxyl groups excluding tert-OH is 1. The van der Waals surface area contributed by atoms with Crippen LogP contribution in [0.5, 0.6) is 0 Å². The lowest BCUT2D eigenvalue weighted by Gasteiger charge is -2.36. The number of carboxylic acids is 1. The number of benzene rings is 1. The van der Waals surface area contributed by atoms with Crippen molar-refractivity contribution in [3.05, 3.63) is 69.4 Å². The van der Waals surface area contributed by atoms with Crippen LogP contribution in [-0.4, -0.2) is 70.2 Å². The number of halogens is 2. The smallest absolute Gasteiger partial charge is 0.341 e. The highest BCUT2D eigenvalue weighted by atomic mass is 19.2. The third-order valence-corrected chi connectivity index (χ3v) is 7.78. The van der Waals surface area contributed by atoms with Crippen LogP contribution in [0.25, 0.3) is 33.3 Å². The molecular weight excluding hydrogens is 536 g/mol. The summed E-state index contributed by atoms with van der Waals surface area (Å²) in [6, 6.07) is 2.70. The van der Waals surface area contributed by atoms with Crippen molar-refractivity contribution in [3.63, 3.8) is 0 Å². The average Bonchev–Trinajstić information content (AvgIpc) is 3.36. The van der Waals surface area contributed by atoms with Crippen molar-refractivity contribution < 1.29 is 28.5 Å². The summed E-state index contributed by atoms with van der Waals surface area (Å²) >= 11 is 0. The minimum atomic E-state index is -1.35. The fourth-order valence-corrected chi connectivity index (χ4v) is 5.88. The predicted octanol–water partition coefficient (Wildman–Crippen LogP) is 3.17. The second kappa shape index (κ2) is 10.2. The van der Waals surface area contributed by atoms with Crippen LogP contribution >= 0.6 is 0 Å². The molecule has 1 aromatic carbocycles. The van der Waals surface area contributed by atoms with Gasteiger partial charge in [-0.05, 0) is 18.1 Å². The van der Waals surface area contributed by atoms with E-state index in [4.69, 9.17) is 4.74 Å². The molecule has 2 aliphatic rings. The molecule has 1 aliphatic heterocycles. The number of nitrogens with zero attached hydrogens (tertiary/aromatic N) is 4. The fourth-order valence-electron chi connectivity index (χ4n) is 5.88. The van der Waals surface area contributed by atoms with E-state index in [9.17, 15) is 24.2 Å². The Balaban J connectivity index is 1.64. The number of hydrogen-bond donors (Lipinski definition) is 3. The molecule has 12 heteroatoms. The molecule has 6 rings (SSSR count). The zero-order valence-corrected chi connectivity index (χ0v) is 22.4. The molecule has 1 fully saturated rings. The van der Waals surface area contributed by atoms with Crippen LogP contribution < -0.4 is 15.6 Å². The summed E-state index contributed by atoms with van der Waals surface area (Å²) in [6.45, 7) is 1.08. The second-order valence-corrected chi connectivity index (χ2v) is 10.2. The van der Waals surface area contributed by atoms with Gasteiger partial charge < -0.3 is 29.7 Å². The molecule has 1 atom stereocenters. The minimum absolute atomic E-state index is 0.0716. The van der Waals surface area contributed by atoms with Gasteiger partial charge in [0.15, 0.2) is 11.6 Å². The van der Waals surface area contributed by atoms with Gasteiger partial charge in [-0.2, -0.15) is 0 Å². The van der Waals surface area contributed by atoms with Crippen molar-refractivity contribution in [2.24, 2.45) is 7.05 Å². The Labute approximate surface area is 232 Å². The van der Waals surface area contributed by atoms with E-state index in [2.05, 4.69) is 15.3 Å². The second-order valence-electron chi connectivity index (χ2n) is 10.2. The molecule has 4 heterocycles. The maximum atomic E-state index is 15.6. The molecule has 0 amide bonds. The molecule has 0 radical (unpaired) electrons. The quantitative estimate of drug-likeness (QED) is 0.285. The Bertz CT molecular complexity index is 1790. The topological polar surface area (TPSA) is 130 Å². The Morgan fingerprint density at radius 2 is 2.02 bits per heavy atom. The number of carboxylic acid groups (broad SMARTS) is 1. The summed E-state index contributed by atoms with van der Waals surface area (Å²) in [5, 5.41) is 22.2. The van der Waals surface area contributed by atoms with Crippen LogP contribution in [0.1, 0.15) is 28.0 Å². The van der Waals surface area contributed by atoms with Crippen LogP contribution in [0.3, 0.4) is 0 Å². The van der Waals surface area contributed by atoms with Crippen molar-refractivity contribution in [2.75, 3.05) is 43.6 Å². The molecule has 1 aliphatic carbocycles. The number of anilines is 2. The normalized spacial score (nSPS) is 16.1. The van der Waals surface area contributed by atoms with Gasteiger partial charge in [0.2, 0.25) is 5.43 Å². The number of aliphatic hydroxyl groups is 1. The molecule has 3 aromatic heterocycles. The monoisotopic (exact) mass is 563 g/mol. The molecule has 1 saturated heterocycles. The summed E-state index contributed by atoms with van der Waals surface area (Å²) in [6.07, 6.45) is 4.79. The maximum absolute atomic E-state index is 15.6. The van der Waals surface area contributed by atoms with Crippen LogP contribution in [0.2, 0.25) is 0 Å². The number of fused-ring (bicyclic) bond motifs is 4. The van der Waals surface area contributed by atoms with Crippen molar-refractivity contribution in [1.82, 2.24) is 14.5 Å². The molecule has 0 spiro atoms. The van der Waals surface area contributed by atoms with Gasteiger partial charge in [-0.15, -0.1) is 0 Å². The number of aromatic carboxylic acids is 1. The first kappa shape index (κ1) is 26.8. The lowest BCUT2D eigenvalue weighted by Crippen LogP contribution is -2.43. The summed E-state index contributed by atoms with van der Waals surface area (Å²) < 4.78 is 37.7. The molecule has 0 bridgehead atoms. The van der Waals surface area contributed by atoms with Gasteiger partial charge in [0.25, 0.3) is 0 Å². The Hall–Kier alpha value is -4.42. The van der Waals surface area contributed by atoms with E-state index in [0.717, 1.165) is 6.07 Å². The van der Waals surface area contributed by atoms with Crippen LogP contribution in [0, 0.1) is 11.6 Å². The van der Waals surface area contributed by atoms with E-state index < -0.39 is 28.6 Å². The number of nitrogens with one attached hydrogen (secondary N) is 1. The highest BCUT2D eigenvalue weighted by molar-refractivity contribution is 5.98. The van der Waals surface area contributed by atoms with Crippen LogP contribution in [0.4, 0.5) is 20.2 Å². The van der Waals surface area contributed by atoms with Gasteiger partial charge in [0.1, 0.15) is 11.2 Å². The SMILES string of the molecule is CNc1cc(F)c(F)c2c1Cc1ncc(-c3cnc4c(c3)c(=O)c(C(=O)O)cn4C)c(N3CCOC(CCO)C3)c1-2. The van der Waals surface area contributed by atoms with E-state index >= 15 is 4.39 Å². The molecule has 4 aromatic rings. The molecule has 10 nitrogen and oxygen atoms in total. The predicted molar refractivity (Wildman–Crippen MR) is 149 cm³/mol. The first-order valence-electron chi connectivity index (χ1n) is 13.1. The van der Waals surface area contributed by atoms with Gasteiger partial charge in [-0.3, -0.25) is 9.78 Å². The Kier molecular flexibility index (Phi) is 6.66. The zero-order valence-electron chi connectivity index (χ0n) is 22.4. The number of hydrogen-bond acceptors (Lipinski definition) is 8. The summed E-state index contributed by atoms with van der Waals surface area (Å²) in [5.74, 6) is -3.32. The molecule has 3 N–H and O–H groups in total. The number of rotatable bonds is 6. The van der Waals surface area contributed by atoms with Gasteiger partial charge in [0, 0.05) is 92.8 Å². The van der Waals surface area contributed by atoms with Gasteiger partial charge in [-0.25, -0.2) is 18.6 Å². The highest BCUT2D eigenvalue weighted by Crippen LogP contribution is 2.50. The van der Waals surface area contributed by atoms with Crippen molar-refractivity contribution in [3.8, 4) is 22.3 Å². The largest absolute Gasteiger partial charge is 0.477 e. The van der Waals surface area contributed by atoms with Gasteiger partial charge in [0.05, 0.1) is 29.5 Å². The number of pyridine rings is 3. The lowest BCUT2D eigenvalue weighted by molar-refractivity contribution is 0.0247. The van der Waals surface area contributed by atoms with Gasteiger partial charge in [-0.1, -0.05) is 0 Å². The molecule has 0 saturated carbocycles. The first-order chi connectivity index (χ1) is 19.7. The van der Waals surface area contributed by atoms with Crippen LogP contribution in [-0.2, 0) is 18.2 Å². The minimum Gasteiger partial charge on any atom is -0.477 e. The molecule has 1 unspecified atom stereocenters. The van der Waals surface area contributed by atoms with Crippen LogP contribution in [0.15, 0.2) is 35.5 Å². The van der Waals surface area contributed by atoms with E-state index in [1.54, 1.807) is 32.6 Å². The van der Waals surface area contributed by atoms with Crippen molar-refractivity contribution >= 4 is 28.4 Å². The average molecular weight is 564 g/mol. The lowest BCUT2D eigenvalue weighted by atomic mass is 9.96. The number of carbonyl (C=O) groups is 1. The third-order valence-electron chi connectivity index (χ3n) is 7.78. The zero-order chi connectivity index (χ0) is 29.0. The number of aromatic nitrogens is 3. The first-order valence-corrected chi connectivity index (χ1v) is 13.1. The number of morpholine rings is 1. The molecule has 41 heavy (non-hydrogen) atoms. The van der Waals surface area contributed by atoms with E-state index in [-0.39, 0.29) is 30.1 Å². The number of aryl methyl sites for hydroxylation is 1. The summed E-state index contributed by atoms with van der Waals surface area (Å²) in [7, 11) is 3.25. The third kappa shape index (κ3) is 4.30. The van der Waals surface area contributed by atoms with E-state index in [1.165, 1.54) is 10.8 Å². The summed E-state index contributed by atoms with van der Waals surface area (Å²) in [4.78, 5) is 36.0. The van der Waals surface area contributed by atoms with E-state index in [1.807, 2.05) is 4.90 Å². The maximum Gasteiger partial charge on any atom is 0.341 e. The number of ether oxygens (including phenoxy) is 1. The standard InChI is InChI=1S/C29H27F2N5O5/c1-32-21-9-20(30)25(31)23-16(21)8-22-24(23)26(36-4-6-41-15(12-36)3-5-37)18(11-33-22)14-7-17-27(38)19(29(39)40)13-35(2)28(17)34-10-14/h7,9-11,13,15,32,37H,3-6,8,12H2,1-2H3,(H,39,40). The van der Waals surface area contributed by atoms with Crippen molar-refractivity contribution in [1.29, 1.82) is 0 Å². The fraction of sp³-hybridized carbons (Fsp3) is 0.310. The van der Waals surface area contributed by atoms with Crippen molar-refractivity contribution in [2.45, 2.75) is 18.9 Å². The Morgan fingerprint density at radius 1 is 1.22 bits per heavy atom. The Morgan fingerprint density at radius 3 is 2.76 bits per heavy atom. The summed E-state index contributed by atoms with van der Waals surface area (Å²) in [5.41, 5.74) is 2.98. The molecular formula is C29H27F2N5O5. The van der Waals surface area contributed by atoms with Gasteiger partial charge >= 0.3 is 5.97 Å². The highest BCUT2D eigenvalue weighted by Gasteiger charge is 2.35. The van der Waals surface area contributed by atoms with E-state index in [0.29, 0.717) is 71.1 Å². The molecule has 212 valence electrons.